The summed E-state index contributed by atoms with van der Waals surface area (Å²) >= 11 is 3.85. The molecule has 4 nitrogen and oxygen atoms in total. The number of rotatable bonds is 2. The van der Waals surface area contributed by atoms with Crippen molar-refractivity contribution in [2.45, 2.75) is 6.42 Å². The van der Waals surface area contributed by atoms with Gasteiger partial charge in [-0.15, -0.1) is 0 Å². The van der Waals surface area contributed by atoms with Crippen molar-refractivity contribution in [2.24, 2.45) is 0 Å². The van der Waals surface area contributed by atoms with Gasteiger partial charge in [0.1, 0.15) is 0 Å². The summed E-state index contributed by atoms with van der Waals surface area (Å²) in [5.74, 6) is -0.365. The van der Waals surface area contributed by atoms with Crippen LogP contribution in [0.25, 0.3) is 0 Å². The third kappa shape index (κ3) is 2.62. The van der Waals surface area contributed by atoms with Crippen LogP contribution in [0.15, 0.2) is 23.1 Å². The highest BCUT2D eigenvalue weighted by Crippen LogP contribution is 1.97. The van der Waals surface area contributed by atoms with Gasteiger partial charge in [0.05, 0.1) is 13.5 Å². The van der Waals surface area contributed by atoms with Crippen molar-refractivity contribution >= 4 is 18.8 Å². The van der Waals surface area contributed by atoms with Gasteiger partial charge in [0.15, 0.2) is 0 Å². The van der Waals surface area contributed by atoms with Crippen LogP contribution in [0.2, 0.25) is 0 Å². The van der Waals surface area contributed by atoms with Crippen LogP contribution in [-0.4, -0.2) is 17.1 Å². The molecule has 0 atom stereocenters. The summed E-state index contributed by atoms with van der Waals surface area (Å²) in [6.45, 7) is 0. The number of esters is 1. The molecule has 0 bridgehead atoms. The first-order valence-corrected chi connectivity index (χ1v) is 4.01. The zero-order chi connectivity index (χ0) is 9.84. The van der Waals surface area contributed by atoms with Crippen molar-refractivity contribution < 1.29 is 9.53 Å². The van der Waals surface area contributed by atoms with Crippen molar-refractivity contribution in [1.82, 2.24) is 3.97 Å². The number of nitrogens with zero attached hydrogens (tertiary/aromatic N) is 1. The molecule has 0 unspecified atom stereocenters. The molecule has 0 fully saturated rings. The Morgan fingerprint density at radius 1 is 1.69 bits per heavy atom. The zero-order valence-electron chi connectivity index (χ0n) is 7.06. The predicted molar refractivity (Wildman–Crippen MR) is 50.8 cm³/mol. The Labute approximate surface area is 80.7 Å². The lowest BCUT2D eigenvalue weighted by atomic mass is 10.2. The van der Waals surface area contributed by atoms with Gasteiger partial charge in [-0.1, -0.05) is 12.8 Å². The van der Waals surface area contributed by atoms with E-state index in [1.165, 1.54) is 19.4 Å². The highest BCUT2D eigenvalue weighted by Gasteiger charge is 2.03. The monoisotopic (exact) mass is 199 g/mol. The fourth-order valence-electron chi connectivity index (χ4n) is 0.861. The van der Waals surface area contributed by atoms with Crippen LogP contribution in [0.5, 0.6) is 0 Å². The van der Waals surface area contributed by atoms with Crippen molar-refractivity contribution in [3.63, 3.8) is 0 Å². The second kappa shape index (κ2) is 4.13. The molecule has 1 aromatic rings. The van der Waals surface area contributed by atoms with Gasteiger partial charge in [-0.05, 0) is 11.6 Å². The van der Waals surface area contributed by atoms with Crippen molar-refractivity contribution in [1.29, 1.82) is 0 Å². The van der Waals surface area contributed by atoms with Gasteiger partial charge < -0.3 is 4.74 Å². The Morgan fingerprint density at radius 2 is 2.38 bits per heavy atom. The maximum Gasteiger partial charge on any atom is 0.309 e. The highest BCUT2D eigenvalue weighted by molar-refractivity contribution is 7.78. The van der Waals surface area contributed by atoms with Crippen LogP contribution in [0.1, 0.15) is 5.56 Å². The maximum atomic E-state index is 11.0. The molecule has 0 saturated carbocycles. The molecule has 0 radical (unpaired) electrons. The minimum Gasteiger partial charge on any atom is -0.469 e. The summed E-state index contributed by atoms with van der Waals surface area (Å²) in [7, 11) is 1.31. The summed E-state index contributed by atoms with van der Waals surface area (Å²) in [4.78, 5) is 21.9. The number of hydrogen-bond acceptors (Lipinski definition) is 4. The van der Waals surface area contributed by atoms with Crippen LogP contribution in [0.4, 0.5) is 0 Å². The first kappa shape index (κ1) is 9.85. The lowest BCUT2D eigenvalue weighted by Crippen LogP contribution is -2.13. The lowest BCUT2D eigenvalue weighted by molar-refractivity contribution is -0.139. The first-order valence-electron chi connectivity index (χ1n) is 3.61. The molecule has 1 rings (SSSR count). The molecule has 0 saturated heterocycles. The second-order valence-corrected chi connectivity index (χ2v) is 2.90. The van der Waals surface area contributed by atoms with Gasteiger partial charge in [0, 0.05) is 12.3 Å². The molecule has 0 N–H and O–H groups in total. The van der Waals surface area contributed by atoms with Gasteiger partial charge in [-0.25, -0.2) is 0 Å². The number of thiol groups is 1. The number of pyridine rings is 1. The van der Waals surface area contributed by atoms with Crippen LogP contribution in [0.3, 0.4) is 0 Å². The molecule has 1 aromatic heterocycles. The number of methoxy groups -OCH3 is 1. The van der Waals surface area contributed by atoms with E-state index >= 15 is 0 Å². The van der Waals surface area contributed by atoms with Crippen LogP contribution in [0, 0.1) is 0 Å². The maximum absolute atomic E-state index is 11.0. The van der Waals surface area contributed by atoms with Crippen LogP contribution in [-0.2, 0) is 16.0 Å². The Balaban J connectivity index is 2.86. The van der Waals surface area contributed by atoms with E-state index < -0.39 is 0 Å². The van der Waals surface area contributed by atoms with Crippen LogP contribution >= 0.6 is 12.8 Å². The molecule has 0 amide bonds. The van der Waals surface area contributed by atoms with E-state index in [0.29, 0.717) is 5.56 Å². The molecule has 5 heteroatoms. The molecule has 0 aliphatic carbocycles. The fraction of sp³-hybridized carbons (Fsp3) is 0.250. The molecule has 0 aromatic carbocycles. The molecular weight excluding hydrogens is 190 g/mol. The topological polar surface area (TPSA) is 48.3 Å². The average molecular weight is 199 g/mol. The van der Waals surface area contributed by atoms with E-state index in [1.54, 1.807) is 6.07 Å². The van der Waals surface area contributed by atoms with E-state index in [0.717, 1.165) is 3.97 Å². The van der Waals surface area contributed by atoms with Crippen LogP contribution < -0.4 is 5.56 Å². The van der Waals surface area contributed by atoms with Crippen molar-refractivity contribution in [3.05, 3.63) is 34.2 Å². The molecule has 70 valence electrons. The molecule has 0 aliphatic rings. The van der Waals surface area contributed by atoms with Crippen molar-refractivity contribution in [2.75, 3.05) is 7.11 Å². The first-order chi connectivity index (χ1) is 6.13. The van der Waals surface area contributed by atoms with E-state index in [1.807, 2.05) is 0 Å². The smallest absolute Gasteiger partial charge is 0.309 e. The molecule has 1 heterocycles. The number of ether oxygens (including phenoxy) is 1. The zero-order valence-corrected chi connectivity index (χ0v) is 7.95. The van der Waals surface area contributed by atoms with Gasteiger partial charge in [0.2, 0.25) is 0 Å². The summed E-state index contributed by atoms with van der Waals surface area (Å²) in [5.41, 5.74) is 0.367. The van der Waals surface area contributed by atoms with E-state index in [-0.39, 0.29) is 17.9 Å². The SMILES string of the molecule is COC(=O)Cc1ccn(S)c(=O)c1. The Kier molecular flexibility index (Phi) is 3.13. The van der Waals surface area contributed by atoms with Gasteiger partial charge in [-0.3, -0.25) is 13.6 Å². The number of hydrogen-bond donors (Lipinski definition) is 1. The number of carbonyl (C=O) groups is 1. The largest absolute Gasteiger partial charge is 0.469 e. The average Bonchev–Trinajstić information content (AvgIpc) is 2.11. The summed E-state index contributed by atoms with van der Waals surface area (Å²) in [6, 6.07) is 3.00. The summed E-state index contributed by atoms with van der Waals surface area (Å²) < 4.78 is 5.60. The summed E-state index contributed by atoms with van der Waals surface area (Å²) in [6.07, 6.45) is 1.60. The highest BCUT2D eigenvalue weighted by atomic mass is 32.1. The molecular formula is C8H9NO3S. The number of aromatic nitrogens is 1. The van der Waals surface area contributed by atoms with Gasteiger partial charge in [0.25, 0.3) is 5.56 Å². The van der Waals surface area contributed by atoms with Crippen molar-refractivity contribution in [3.8, 4) is 0 Å². The Hall–Kier alpha value is -1.23. The minimum absolute atomic E-state index is 0.111. The predicted octanol–water partition coefficient (Wildman–Crippen LogP) is 0.257. The Bertz CT molecular complexity index is 372. The molecule has 0 aliphatic heterocycles. The normalized spacial score (nSPS) is 9.69. The Morgan fingerprint density at radius 3 is 2.92 bits per heavy atom. The third-order valence-electron chi connectivity index (χ3n) is 1.54. The lowest BCUT2D eigenvalue weighted by Gasteiger charge is -1.99. The van der Waals surface area contributed by atoms with E-state index in [9.17, 15) is 9.59 Å². The van der Waals surface area contributed by atoms with Gasteiger partial charge >= 0.3 is 5.97 Å². The second-order valence-electron chi connectivity index (χ2n) is 2.47. The fourth-order valence-corrected chi connectivity index (χ4v) is 0.986. The number of carbonyl (C=O) groups excluding carboxylic acids is 1. The molecule has 13 heavy (non-hydrogen) atoms. The third-order valence-corrected chi connectivity index (χ3v) is 1.87. The quantitative estimate of drug-likeness (QED) is 0.549. The standard InChI is InChI=1S/C8H9NO3S/c1-12-8(11)5-6-2-3-9(13)7(10)4-6/h2-4,13H,5H2,1H3. The van der Waals surface area contributed by atoms with Gasteiger partial charge in [-0.2, -0.15) is 0 Å². The van der Waals surface area contributed by atoms with E-state index in [2.05, 4.69) is 17.6 Å². The molecule has 0 spiro atoms. The van der Waals surface area contributed by atoms with E-state index in [4.69, 9.17) is 0 Å². The minimum atomic E-state index is -0.365. The summed E-state index contributed by atoms with van der Waals surface area (Å²) in [5, 5.41) is 0.